The van der Waals surface area contributed by atoms with Crippen LogP contribution in [0.4, 0.5) is 0 Å². The monoisotopic (exact) mass is 980 g/mol. The minimum Gasteiger partial charge on any atom is -0.491 e. The van der Waals surface area contributed by atoms with Gasteiger partial charge in [-0.25, -0.2) is 8.42 Å². The zero-order valence-corrected chi connectivity index (χ0v) is 43.6. The lowest BCUT2D eigenvalue weighted by Gasteiger charge is -2.83. The van der Waals surface area contributed by atoms with Crippen LogP contribution < -0.4 is 10.1 Å². The molecule has 12 nitrogen and oxygen atoms in total. The Kier molecular flexibility index (Phi) is 12.1. The van der Waals surface area contributed by atoms with Gasteiger partial charge >= 0.3 is 11.9 Å². The van der Waals surface area contributed by atoms with Crippen molar-refractivity contribution in [3.63, 3.8) is 0 Å². The molecule has 8 aliphatic rings. The smallest absolute Gasteiger partial charge is 0.309 e. The van der Waals surface area contributed by atoms with Crippen LogP contribution in [0.5, 0.6) is 5.75 Å². The van der Waals surface area contributed by atoms with Crippen molar-refractivity contribution in [3.05, 3.63) is 39.9 Å². The van der Waals surface area contributed by atoms with Crippen molar-refractivity contribution in [2.45, 2.75) is 152 Å². The van der Waals surface area contributed by atoms with Crippen LogP contribution in [-0.2, 0) is 29.0 Å². The molecule has 0 radical (unpaired) electrons. The third-order valence-electron chi connectivity index (χ3n) is 22.4. The Morgan fingerprint density at radius 3 is 2.16 bits per heavy atom. The summed E-state index contributed by atoms with van der Waals surface area (Å²) in [7, 11) is -3.01. The van der Waals surface area contributed by atoms with E-state index in [0.29, 0.717) is 43.2 Å². The van der Waals surface area contributed by atoms with E-state index in [2.05, 4.69) is 53.8 Å². The van der Waals surface area contributed by atoms with Gasteiger partial charge in [-0.05, 0) is 139 Å². The highest BCUT2D eigenvalue weighted by atomic mass is 35.5. The molecule has 0 aromatic heterocycles. The predicted octanol–water partition coefficient (Wildman–Crippen LogP) is 8.71. The number of sulfone groups is 1. The number of hydrogen-bond acceptors (Lipinski definition) is 10. The van der Waals surface area contributed by atoms with Gasteiger partial charge in [-0.1, -0.05) is 79.5 Å². The number of halogens is 1. The van der Waals surface area contributed by atoms with Gasteiger partial charge in [0.15, 0.2) is 15.6 Å². The van der Waals surface area contributed by atoms with Gasteiger partial charge in [-0.15, -0.1) is 0 Å². The number of carboxylic acids is 1. The maximum atomic E-state index is 14.4. The molecule has 1 heterocycles. The van der Waals surface area contributed by atoms with Crippen LogP contribution >= 0.6 is 11.6 Å². The van der Waals surface area contributed by atoms with Crippen LogP contribution in [0, 0.1) is 67.0 Å². The van der Waals surface area contributed by atoms with E-state index in [1.165, 1.54) is 0 Å². The molecule has 1 saturated heterocycles. The van der Waals surface area contributed by atoms with Gasteiger partial charge in [0.1, 0.15) is 18.5 Å². The molecule has 1 aromatic rings. The van der Waals surface area contributed by atoms with Crippen LogP contribution in [0.15, 0.2) is 29.3 Å². The van der Waals surface area contributed by atoms with Crippen molar-refractivity contribution in [2.24, 2.45) is 67.0 Å². The van der Waals surface area contributed by atoms with Crippen molar-refractivity contribution in [1.82, 2.24) is 10.2 Å². The third-order valence-corrected chi connectivity index (χ3v) is 24.2. The SMILES string of the molecule is CC(C)C1=C2[C@H]3CC[C@]4(C)[C@@]5(C)CC[C@H](OC(=O)[C@H]6C[C@@H](C(=O)O)C6(C)C)[C@@]6(C)CC[C@@]56CC[C@@]4(C)[C@]3(C)CC[C@@]2([C@@H](O)CNC(=O)c2ccc(Cl)cc2OCCN2CCS(=O)(=O)CC2)CC1=O. The number of aliphatic hydroxyl groups excluding tert-OH is 1. The molecule has 0 bridgehead atoms. The second-order valence-corrected chi connectivity index (χ2v) is 27.7. The Hall–Kier alpha value is -3.00. The largest absolute Gasteiger partial charge is 0.491 e. The van der Waals surface area contributed by atoms with Crippen molar-refractivity contribution < 1.29 is 47.3 Å². The van der Waals surface area contributed by atoms with Crippen LogP contribution in [-0.4, -0.2) is 104 Å². The molecule has 0 unspecified atom stereocenters. The molecular weight excluding hydrogens is 904 g/mol. The lowest BCUT2D eigenvalue weighted by molar-refractivity contribution is -0.351. The number of carbonyl (C=O) groups is 4. The van der Waals surface area contributed by atoms with Crippen molar-refractivity contribution >= 4 is 45.1 Å². The minimum atomic E-state index is -3.01. The van der Waals surface area contributed by atoms with E-state index in [-0.39, 0.29) is 98.8 Å². The lowest BCUT2D eigenvalue weighted by atomic mass is 9.21. The van der Waals surface area contributed by atoms with Gasteiger partial charge in [-0.2, -0.15) is 0 Å². The first-order chi connectivity index (χ1) is 31.7. The Labute approximate surface area is 409 Å². The van der Waals surface area contributed by atoms with E-state index in [0.717, 1.165) is 68.9 Å². The van der Waals surface area contributed by atoms with Gasteiger partial charge < -0.3 is 25.0 Å². The standard InChI is InChI=1S/C54H77ClN2O10S/c1-32(2)42-38(58)30-53(40(59)31-56-44(60)34-11-10-33(55)28-39(34)66-25-22-57-23-26-68(64,65)27-24-57)19-16-48(5)35(43(42)53)12-14-51(8)50(48,7)18-21-54-20-17-49(54,6)41(13-15-52(51,54)9)67-46(63)37-29-36(45(61)62)47(37,3)4/h10-11,28,32,35-37,40-41,59H,12-27,29-31H2,1-9H3,(H,56,60)(H,61,62)/t35-,36+,37-,40+,41+,48-,49-,50+,51+,52-,53+,54+/m1/s1. The second kappa shape index (κ2) is 16.5. The van der Waals surface area contributed by atoms with E-state index in [4.69, 9.17) is 21.1 Å². The summed E-state index contributed by atoms with van der Waals surface area (Å²) in [5, 5.41) is 25.7. The third kappa shape index (κ3) is 6.85. The number of rotatable bonds is 12. The van der Waals surface area contributed by atoms with Gasteiger partial charge in [0, 0.05) is 48.5 Å². The van der Waals surface area contributed by atoms with Crippen LogP contribution in [0.25, 0.3) is 0 Å². The zero-order valence-electron chi connectivity index (χ0n) is 42.0. The highest BCUT2D eigenvalue weighted by molar-refractivity contribution is 7.91. The number of benzene rings is 1. The normalized spacial score (nSPS) is 41.7. The zero-order chi connectivity index (χ0) is 49.4. The minimum absolute atomic E-state index is 0.00835. The number of ketones is 1. The first-order valence-corrected chi connectivity index (χ1v) is 27.9. The Balaban J connectivity index is 0.938. The molecule has 7 fully saturated rings. The van der Waals surface area contributed by atoms with Crippen LogP contribution in [0.1, 0.15) is 150 Å². The van der Waals surface area contributed by atoms with Gasteiger partial charge in [-0.3, -0.25) is 24.1 Å². The van der Waals surface area contributed by atoms with E-state index in [9.17, 15) is 37.8 Å². The summed E-state index contributed by atoms with van der Waals surface area (Å²) >= 11 is 6.37. The number of fused-ring (bicyclic) bond motifs is 6. The number of hydrogen-bond donors (Lipinski definition) is 3. The summed E-state index contributed by atoms with van der Waals surface area (Å²) < 4.78 is 36.5. The molecule has 1 spiro atoms. The van der Waals surface area contributed by atoms with E-state index < -0.39 is 50.5 Å². The van der Waals surface area contributed by atoms with Crippen LogP contribution in [0.3, 0.4) is 0 Å². The summed E-state index contributed by atoms with van der Waals surface area (Å²) in [5.41, 5.74) is 0.280. The molecule has 9 rings (SSSR count). The first-order valence-electron chi connectivity index (χ1n) is 25.7. The molecule has 1 aromatic carbocycles. The average molecular weight is 982 g/mol. The van der Waals surface area contributed by atoms with Gasteiger partial charge in [0.25, 0.3) is 5.91 Å². The topological polar surface area (TPSA) is 177 Å². The summed E-state index contributed by atoms with van der Waals surface area (Å²) in [6.07, 6.45) is 8.64. The summed E-state index contributed by atoms with van der Waals surface area (Å²) in [6.45, 7) is 22.1. The molecule has 7 aliphatic carbocycles. The van der Waals surface area contributed by atoms with E-state index >= 15 is 0 Å². The summed E-state index contributed by atoms with van der Waals surface area (Å²) in [4.78, 5) is 56.2. The fourth-order valence-corrected chi connectivity index (χ4v) is 18.9. The Bertz CT molecular complexity index is 2420. The summed E-state index contributed by atoms with van der Waals surface area (Å²) in [6, 6.07) is 4.85. The molecule has 68 heavy (non-hydrogen) atoms. The Morgan fingerprint density at radius 2 is 1.53 bits per heavy atom. The molecule has 376 valence electrons. The molecular formula is C54H77ClN2O10S. The van der Waals surface area contributed by atoms with Gasteiger partial charge in [0.2, 0.25) is 0 Å². The van der Waals surface area contributed by atoms with Gasteiger partial charge in [0.05, 0.1) is 35.0 Å². The molecule has 3 N–H and O–H groups in total. The quantitative estimate of drug-likeness (QED) is 0.171. The molecule has 1 aliphatic heterocycles. The number of Topliss-reactive ketones (excluding diaryl/α,β-unsaturated/α-hetero) is 1. The van der Waals surface area contributed by atoms with Crippen LogP contribution in [0.2, 0.25) is 5.02 Å². The average Bonchev–Trinajstić information content (AvgIpc) is 3.57. The highest BCUT2D eigenvalue weighted by Crippen LogP contribution is 2.87. The number of nitrogens with zero attached hydrogens (tertiary/aromatic N) is 1. The van der Waals surface area contributed by atoms with Crippen molar-refractivity contribution in [2.75, 3.05) is 44.3 Å². The summed E-state index contributed by atoms with van der Waals surface area (Å²) in [5.74, 6) is -1.73. The molecule has 14 heteroatoms. The van der Waals surface area contributed by atoms with E-state index in [1.54, 1.807) is 18.2 Å². The predicted molar refractivity (Wildman–Crippen MR) is 260 cm³/mol. The highest BCUT2D eigenvalue weighted by Gasteiger charge is 2.81. The number of carbonyl (C=O) groups excluding carboxylic acids is 3. The number of nitrogens with one attached hydrogen (secondary N) is 1. The molecule has 6 saturated carbocycles. The number of carboxylic acid groups (broad SMARTS) is 1. The number of ether oxygens (including phenoxy) is 2. The number of amides is 1. The molecule has 12 atom stereocenters. The number of esters is 1. The Morgan fingerprint density at radius 1 is 0.868 bits per heavy atom. The maximum Gasteiger partial charge on any atom is 0.309 e. The lowest BCUT2D eigenvalue weighted by Crippen LogP contribution is -2.77. The number of aliphatic carboxylic acids is 1. The fraction of sp³-hybridized carbons (Fsp3) is 0.778. The van der Waals surface area contributed by atoms with Crippen molar-refractivity contribution in [1.29, 1.82) is 0 Å². The second-order valence-electron chi connectivity index (χ2n) is 24.9. The maximum absolute atomic E-state index is 14.4. The fourth-order valence-electron chi connectivity index (χ4n) is 17.5. The number of aliphatic hydroxyl groups is 1. The first kappa shape index (κ1) is 50.0. The molecule has 1 amide bonds. The number of allylic oxidation sites excluding steroid dienone is 1. The van der Waals surface area contributed by atoms with Crippen molar-refractivity contribution in [3.8, 4) is 5.75 Å². The van der Waals surface area contributed by atoms with E-state index in [1.807, 2.05) is 18.7 Å².